The van der Waals surface area contributed by atoms with Crippen LogP contribution in [-0.4, -0.2) is 37.5 Å². The number of fused-ring (bicyclic) bond motifs is 1. The second-order valence-corrected chi connectivity index (χ2v) is 8.32. The van der Waals surface area contributed by atoms with Gasteiger partial charge in [0.15, 0.2) is 11.0 Å². The van der Waals surface area contributed by atoms with Gasteiger partial charge in [-0.15, -0.1) is 10.2 Å². The molecule has 5 rings (SSSR count). The van der Waals surface area contributed by atoms with Gasteiger partial charge in [0.1, 0.15) is 0 Å². The van der Waals surface area contributed by atoms with Crippen molar-refractivity contribution in [3.05, 3.63) is 54.4 Å². The normalized spacial score (nSPS) is 18.3. The van der Waals surface area contributed by atoms with Crippen molar-refractivity contribution >= 4 is 23.4 Å². The number of thioether (sulfide) groups is 1. The Bertz CT molecular complexity index is 1010. The zero-order valence-electron chi connectivity index (χ0n) is 15.7. The number of nitrogens with zero attached hydrogens (tertiary/aromatic N) is 5. The fourth-order valence-electron chi connectivity index (χ4n) is 3.88. The van der Waals surface area contributed by atoms with Crippen molar-refractivity contribution in [3.63, 3.8) is 0 Å². The first kappa shape index (κ1) is 17.4. The number of amides is 1. The molecule has 0 N–H and O–H groups in total. The van der Waals surface area contributed by atoms with Crippen LogP contribution in [0.15, 0.2) is 53.9 Å². The Kier molecular flexibility index (Phi) is 4.39. The molecule has 1 saturated carbocycles. The average molecular weight is 392 g/mol. The molecule has 142 valence electrons. The molecule has 3 heterocycles. The van der Waals surface area contributed by atoms with Crippen LogP contribution in [-0.2, 0) is 11.2 Å². The Morgan fingerprint density at radius 3 is 2.71 bits per heavy atom. The molecule has 2 aromatic heterocycles. The highest BCUT2D eigenvalue weighted by molar-refractivity contribution is 7.99. The molecule has 3 aromatic rings. The van der Waals surface area contributed by atoms with Crippen LogP contribution in [0.3, 0.4) is 0 Å². The Morgan fingerprint density at radius 2 is 1.93 bits per heavy atom. The fourth-order valence-corrected chi connectivity index (χ4v) is 4.74. The van der Waals surface area contributed by atoms with Crippen molar-refractivity contribution in [1.82, 2.24) is 19.7 Å². The number of anilines is 1. The van der Waals surface area contributed by atoms with Gasteiger partial charge >= 0.3 is 0 Å². The summed E-state index contributed by atoms with van der Waals surface area (Å²) in [5, 5.41) is 9.64. The summed E-state index contributed by atoms with van der Waals surface area (Å²) in [6, 6.07) is 12.7. The standard InChI is InChI=1S/C21H21N5OS/c1-14-12-16-4-2-3-5-18(16)25(14)19(27)13-28-21-24-23-20(26(21)17-6-7-17)15-8-10-22-11-9-15/h2-5,8-11,14,17H,6-7,12-13H2,1H3/t14-/m0/s1. The molecule has 7 heteroatoms. The van der Waals surface area contributed by atoms with Crippen molar-refractivity contribution in [2.24, 2.45) is 0 Å². The molecule has 1 aromatic carbocycles. The zero-order valence-corrected chi connectivity index (χ0v) is 16.5. The van der Waals surface area contributed by atoms with Crippen LogP contribution in [0, 0.1) is 0 Å². The van der Waals surface area contributed by atoms with Crippen LogP contribution in [0.4, 0.5) is 5.69 Å². The van der Waals surface area contributed by atoms with Crippen molar-refractivity contribution in [2.75, 3.05) is 10.7 Å². The molecule has 1 aliphatic heterocycles. The van der Waals surface area contributed by atoms with Gasteiger partial charge < -0.3 is 4.90 Å². The van der Waals surface area contributed by atoms with Crippen LogP contribution in [0.25, 0.3) is 11.4 Å². The first-order valence-electron chi connectivity index (χ1n) is 9.60. The zero-order chi connectivity index (χ0) is 19.1. The molecular formula is C21H21N5OS. The van der Waals surface area contributed by atoms with Crippen LogP contribution in [0.5, 0.6) is 0 Å². The molecule has 2 aliphatic rings. The number of carbonyl (C=O) groups excluding carboxylic acids is 1. The molecule has 6 nitrogen and oxygen atoms in total. The van der Waals surface area contributed by atoms with E-state index in [0.717, 1.165) is 41.5 Å². The first-order valence-corrected chi connectivity index (χ1v) is 10.6. The molecule has 0 saturated heterocycles. The topological polar surface area (TPSA) is 63.9 Å². The number of benzene rings is 1. The van der Waals surface area contributed by atoms with E-state index in [1.165, 1.54) is 17.3 Å². The Morgan fingerprint density at radius 1 is 1.14 bits per heavy atom. The van der Waals surface area contributed by atoms with Gasteiger partial charge in [-0.25, -0.2) is 0 Å². The third-order valence-corrected chi connectivity index (χ3v) is 6.24. The highest BCUT2D eigenvalue weighted by Gasteiger charge is 2.33. The van der Waals surface area contributed by atoms with Crippen LogP contribution in [0.2, 0.25) is 0 Å². The average Bonchev–Trinajstić information content (AvgIpc) is 3.37. The monoisotopic (exact) mass is 391 g/mol. The smallest absolute Gasteiger partial charge is 0.237 e. The lowest BCUT2D eigenvalue weighted by molar-refractivity contribution is -0.116. The molecule has 0 radical (unpaired) electrons. The lowest BCUT2D eigenvalue weighted by Gasteiger charge is -2.22. The third-order valence-electron chi connectivity index (χ3n) is 5.32. The second-order valence-electron chi connectivity index (χ2n) is 7.38. The molecule has 1 aliphatic carbocycles. The van der Waals surface area contributed by atoms with E-state index in [9.17, 15) is 4.79 Å². The molecule has 1 amide bonds. The number of carbonyl (C=O) groups is 1. The molecular weight excluding hydrogens is 370 g/mol. The molecule has 1 atom stereocenters. The maximum atomic E-state index is 13.0. The Balaban J connectivity index is 1.36. The van der Waals surface area contributed by atoms with Gasteiger partial charge in [-0.1, -0.05) is 30.0 Å². The Labute approximate surface area is 168 Å². The van der Waals surface area contributed by atoms with Crippen LogP contribution < -0.4 is 4.90 Å². The summed E-state index contributed by atoms with van der Waals surface area (Å²) in [5.74, 6) is 1.35. The summed E-state index contributed by atoms with van der Waals surface area (Å²) in [5.41, 5.74) is 3.30. The molecule has 0 spiro atoms. The number of aromatic nitrogens is 4. The van der Waals surface area contributed by atoms with Gasteiger partial charge in [-0.2, -0.15) is 0 Å². The minimum atomic E-state index is 0.123. The maximum absolute atomic E-state index is 13.0. The Hall–Kier alpha value is -2.67. The summed E-state index contributed by atoms with van der Waals surface area (Å²) in [6.45, 7) is 2.11. The van der Waals surface area contributed by atoms with E-state index < -0.39 is 0 Å². The number of hydrogen-bond acceptors (Lipinski definition) is 5. The number of para-hydroxylation sites is 1. The van der Waals surface area contributed by atoms with Crippen LogP contribution >= 0.6 is 11.8 Å². The summed E-state index contributed by atoms with van der Waals surface area (Å²) >= 11 is 1.49. The quantitative estimate of drug-likeness (QED) is 0.620. The van der Waals surface area contributed by atoms with Crippen molar-refractivity contribution < 1.29 is 4.79 Å². The van der Waals surface area contributed by atoms with Crippen molar-refractivity contribution in [1.29, 1.82) is 0 Å². The van der Waals surface area contributed by atoms with Gasteiger partial charge in [-0.05, 0) is 49.9 Å². The molecule has 28 heavy (non-hydrogen) atoms. The first-order chi connectivity index (χ1) is 13.7. The van der Waals surface area contributed by atoms with Gasteiger partial charge in [-0.3, -0.25) is 14.3 Å². The van der Waals surface area contributed by atoms with Crippen LogP contribution in [0.1, 0.15) is 31.4 Å². The van der Waals surface area contributed by atoms with E-state index in [1.54, 1.807) is 12.4 Å². The summed E-state index contributed by atoms with van der Waals surface area (Å²) in [6.07, 6.45) is 6.72. The third kappa shape index (κ3) is 3.09. The summed E-state index contributed by atoms with van der Waals surface area (Å²) in [7, 11) is 0. The van der Waals surface area contributed by atoms with E-state index >= 15 is 0 Å². The highest BCUT2D eigenvalue weighted by atomic mass is 32.2. The highest BCUT2D eigenvalue weighted by Crippen LogP contribution is 2.41. The van der Waals surface area contributed by atoms with E-state index in [-0.39, 0.29) is 11.9 Å². The predicted molar refractivity (Wildman–Crippen MR) is 109 cm³/mol. The lowest BCUT2D eigenvalue weighted by Crippen LogP contribution is -2.37. The van der Waals surface area contributed by atoms with Crippen molar-refractivity contribution in [3.8, 4) is 11.4 Å². The number of hydrogen-bond donors (Lipinski definition) is 0. The van der Waals surface area contributed by atoms with E-state index in [4.69, 9.17) is 0 Å². The number of pyridine rings is 1. The minimum Gasteiger partial charge on any atom is -0.308 e. The summed E-state index contributed by atoms with van der Waals surface area (Å²) < 4.78 is 2.19. The number of rotatable bonds is 5. The van der Waals surface area contributed by atoms with Gasteiger partial charge in [0.25, 0.3) is 0 Å². The van der Waals surface area contributed by atoms with Crippen molar-refractivity contribution in [2.45, 2.75) is 43.4 Å². The van der Waals surface area contributed by atoms with E-state index in [1.807, 2.05) is 35.2 Å². The molecule has 0 unspecified atom stereocenters. The SMILES string of the molecule is C[C@H]1Cc2ccccc2N1C(=O)CSc1nnc(-c2ccncc2)n1C1CC1. The fraction of sp³-hybridized carbons (Fsp3) is 0.333. The minimum absolute atomic E-state index is 0.123. The maximum Gasteiger partial charge on any atom is 0.237 e. The van der Waals surface area contributed by atoms with Gasteiger partial charge in [0.05, 0.1) is 5.75 Å². The van der Waals surface area contributed by atoms with Gasteiger partial charge in [0.2, 0.25) is 5.91 Å². The molecule has 0 bridgehead atoms. The molecule has 1 fully saturated rings. The summed E-state index contributed by atoms with van der Waals surface area (Å²) in [4.78, 5) is 19.0. The van der Waals surface area contributed by atoms with Gasteiger partial charge in [0, 0.05) is 35.7 Å². The van der Waals surface area contributed by atoms with E-state index in [0.29, 0.717) is 11.8 Å². The largest absolute Gasteiger partial charge is 0.308 e. The van der Waals surface area contributed by atoms with E-state index in [2.05, 4.69) is 32.7 Å². The lowest BCUT2D eigenvalue weighted by atomic mass is 10.1. The second kappa shape index (κ2) is 7.05. The predicted octanol–water partition coefficient (Wildman–Crippen LogP) is 3.74.